The number of hydrogen-bond donors (Lipinski definition) is 1. The van der Waals surface area contributed by atoms with Crippen LogP contribution in [0.15, 0.2) is 40.9 Å². The summed E-state index contributed by atoms with van der Waals surface area (Å²) in [4.78, 5) is 11.1. The molecule has 0 aliphatic carbocycles. The number of carboxylic acids is 1. The number of aryl methyl sites for hydroxylation is 1. The first-order chi connectivity index (χ1) is 9.49. The maximum Gasteiger partial charge on any atom is 0.339 e. The lowest BCUT2D eigenvalue weighted by molar-refractivity contribution is 0.0691. The van der Waals surface area contributed by atoms with Crippen LogP contribution < -0.4 is 4.74 Å². The van der Waals surface area contributed by atoms with Crippen LogP contribution in [-0.4, -0.2) is 11.1 Å². The molecule has 2 rings (SSSR count). The van der Waals surface area contributed by atoms with Crippen LogP contribution in [-0.2, 0) is 6.61 Å². The Balaban J connectivity index is 2.27. The molecule has 0 atom stereocenters. The van der Waals surface area contributed by atoms with Gasteiger partial charge >= 0.3 is 5.97 Å². The molecule has 3 nitrogen and oxygen atoms in total. The molecule has 1 N–H and O–H groups in total. The highest BCUT2D eigenvalue weighted by Gasteiger charge is 2.14. The van der Waals surface area contributed by atoms with Crippen molar-refractivity contribution in [2.75, 3.05) is 0 Å². The number of rotatable bonds is 4. The number of para-hydroxylation sites is 1. The Morgan fingerprint density at radius 3 is 2.80 bits per heavy atom. The van der Waals surface area contributed by atoms with Gasteiger partial charge in [0.25, 0.3) is 0 Å². The highest BCUT2D eigenvalue weighted by molar-refractivity contribution is 9.10. The minimum atomic E-state index is -1.07. The van der Waals surface area contributed by atoms with Crippen LogP contribution >= 0.6 is 15.9 Å². The van der Waals surface area contributed by atoms with Gasteiger partial charge in [-0.2, -0.15) is 0 Å². The summed E-state index contributed by atoms with van der Waals surface area (Å²) in [6, 6.07) is 9.38. The van der Waals surface area contributed by atoms with Crippen molar-refractivity contribution in [2.45, 2.75) is 13.5 Å². The number of carbonyl (C=O) groups is 1. The average Bonchev–Trinajstić information content (AvgIpc) is 2.40. The zero-order valence-electron chi connectivity index (χ0n) is 10.7. The highest BCUT2D eigenvalue weighted by atomic mass is 79.9. The molecule has 0 amide bonds. The van der Waals surface area contributed by atoms with Crippen LogP contribution in [0.4, 0.5) is 4.39 Å². The molecule has 2 aromatic carbocycles. The quantitative estimate of drug-likeness (QED) is 0.909. The predicted octanol–water partition coefficient (Wildman–Crippen LogP) is 4.17. The third-order valence-electron chi connectivity index (χ3n) is 2.82. The van der Waals surface area contributed by atoms with E-state index in [1.54, 1.807) is 31.2 Å². The maximum absolute atomic E-state index is 13.6. The first kappa shape index (κ1) is 14.5. The number of ether oxygens (including phenoxy) is 1. The Labute approximate surface area is 124 Å². The lowest BCUT2D eigenvalue weighted by Gasteiger charge is -2.12. The molecular formula is C15H12BrFO3. The van der Waals surface area contributed by atoms with Gasteiger partial charge in [0.1, 0.15) is 23.7 Å². The number of aromatic carboxylic acids is 1. The Bertz CT molecular complexity index is 656. The van der Waals surface area contributed by atoms with Crippen LogP contribution in [0, 0.1) is 12.7 Å². The van der Waals surface area contributed by atoms with Gasteiger partial charge in [-0.25, -0.2) is 9.18 Å². The molecule has 20 heavy (non-hydrogen) atoms. The summed E-state index contributed by atoms with van der Waals surface area (Å²) in [5.41, 5.74) is 1.12. The van der Waals surface area contributed by atoms with E-state index in [4.69, 9.17) is 9.84 Å². The topological polar surface area (TPSA) is 46.5 Å². The average molecular weight is 339 g/mol. The van der Waals surface area contributed by atoms with Gasteiger partial charge in [-0.05, 0) is 36.8 Å². The molecule has 0 unspecified atom stereocenters. The molecule has 104 valence electrons. The fourth-order valence-electron chi connectivity index (χ4n) is 1.82. The molecule has 0 saturated carbocycles. The Morgan fingerprint density at radius 1 is 1.35 bits per heavy atom. The number of hydrogen-bond acceptors (Lipinski definition) is 2. The van der Waals surface area contributed by atoms with Gasteiger partial charge in [0.2, 0.25) is 0 Å². The van der Waals surface area contributed by atoms with Crippen molar-refractivity contribution >= 4 is 21.9 Å². The lowest BCUT2D eigenvalue weighted by Crippen LogP contribution is -2.06. The van der Waals surface area contributed by atoms with Crippen LogP contribution in [0.25, 0.3) is 0 Å². The van der Waals surface area contributed by atoms with Crippen molar-refractivity contribution in [3.05, 3.63) is 63.4 Å². The summed E-state index contributed by atoms with van der Waals surface area (Å²) < 4.78 is 19.9. The third kappa shape index (κ3) is 3.17. The first-order valence-corrected chi connectivity index (χ1v) is 6.68. The van der Waals surface area contributed by atoms with Crippen molar-refractivity contribution < 1.29 is 19.0 Å². The Hall–Kier alpha value is -1.88. The monoisotopic (exact) mass is 338 g/mol. The van der Waals surface area contributed by atoms with E-state index in [0.29, 0.717) is 11.1 Å². The normalized spacial score (nSPS) is 10.3. The van der Waals surface area contributed by atoms with Crippen molar-refractivity contribution in [1.82, 2.24) is 0 Å². The van der Waals surface area contributed by atoms with Crippen LogP contribution in [0.2, 0.25) is 0 Å². The second kappa shape index (κ2) is 6.05. The van der Waals surface area contributed by atoms with Gasteiger partial charge in [-0.3, -0.25) is 0 Å². The zero-order chi connectivity index (χ0) is 14.7. The van der Waals surface area contributed by atoms with Gasteiger partial charge in [-0.1, -0.05) is 28.1 Å². The fourth-order valence-corrected chi connectivity index (χ4v) is 2.22. The SMILES string of the molecule is Cc1cccc(C(=O)O)c1OCc1cc(Br)ccc1F. The summed E-state index contributed by atoms with van der Waals surface area (Å²) in [5, 5.41) is 9.12. The van der Waals surface area contributed by atoms with Gasteiger partial charge < -0.3 is 9.84 Å². The van der Waals surface area contributed by atoms with Crippen molar-refractivity contribution in [2.24, 2.45) is 0 Å². The minimum Gasteiger partial charge on any atom is -0.488 e. The standard InChI is InChI=1S/C15H12BrFO3/c1-9-3-2-4-12(15(18)19)14(9)20-8-10-7-11(16)5-6-13(10)17/h2-7H,8H2,1H3,(H,18,19). The maximum atomic E-state index is 13.6. The summed E-state index contributed by atoms with van der Waals surface area (Å²) in [6.45, 7) is 1.72. The van der Waals surface area contributed by atoms with E-state index in [2.05, 4.69) is 15.9 Å². The van der Waals surface area contributed by atoms with E-state index in [9.17, 15) is 9.18 Å². The molecule has 0 spiro atoms. The molecule has 0 radical (unpaired) electrons. The fraction of sp³-hybridized carbons (Fsp3) is 0.133. The minimum absolute atomic E-state index is 0.0313. The number of carboxylic acid groups (broad SMARTS) is 1. The van der Waals surface area contributed by atoms with Gasteiger partial charge in [-0.15, -0.1) is 0 Å². The molecule has 0 aliphatic heterocycles. The van der Waals surface area contributed by atoms with Gasteiger partial charge in [0.15, 0.2) is 0 Å². The number of halogens is 2. The van der Waals surface area contributed by atoms with E-state index < -0.39 is 11.8 Å². The molecule has 0 aromatic heterocycles. The zero-order valence-corrected chi connectivity index (χ0v) is 12.3. The van der Waals surface area contributed by atoms with Crippen LogP contribution in [0.3, 0.4) is 0 Å². The molecule has 0 bridgehead atoms. The first-order valence-electron chi connectivity index (χ1n) is 5.88. The van der Waals surface area contributed by atoms with E-state index in [1.807, 2.05) is 0 Å². The Kier molecular flexibility index (Phi) is 4.39. The highest BCUT2D eigenvalue weighted by Crippen LogP contribution is 2.25. The second-order valence-electron chi connectivity index (χ2n) is 4.28. The number of benzene rings is 2. The lowest BCUT2D eigenvalue weighted by atomic mass is 10.1. The largest absolute Gasteiger partial charge is 0.488 e. The van der Waals surface area contributed by atoms with E-state index in [1.165, 1.54) is 12.1 Å². The third-order valence-corrected chi connectivity index (χ3v) is 3.32. The second-order valence-corrected chi connectivity index (χ2v) is 5.20. The molecule has 0 aliphatic rings. The van der Waals surface area contributed by atoms with E-state index >= 15 is 0 Å². The molecule has 0 saturated heterocycles. The summed E-state index contributed by atoms with van der Waals surface area (Å²) >= 11 is 3.26. The summed E-state index contributed by atoms with van der Waals surface area (Å²) in [7, 11) is 0. The molecule has 0 fully saturated rings. The van der Waals surface area contributed by atoms with E-state index in [0.717, 1.165) is 4.47 Å². The van der Waals surface area contributed by atoms with Crippen molar-refractivity contribution in [3.8, 4) is 5.75 Å². The van der Waals surface area contributed by atoms with Gasteiger partial charge in [0.05, 0.1) is 0 Å². The predicted molar refractivity (Wildman–Crippen MR) is 76.6 cm³/mol. The molecule has 2 aromatic rings. The van der Waals surface area contributed by atoms with E-state index in [-0.39, 0.29) is 17.9 Å². The summed E-state index contributed by atoms with van der Waals surface area (Å²) in [6.07, 6.45) is 0. The summed E-state index contributed by atoms with van der Waals surface area (Å²) in [5.74, 6) is -1.20. The van der Waals surface area contributed by atoms with Crippen LogP contribution in [0.5, 0.6) is 5.75 Å². The molecular weight excluding hydrogens is 327 g/mol. The van der Waals surface area contributed by atoms with Gasteiger partial charge in [0, 0.05) is 10.0 Å². The molecule has 0 heterocycles. The van der Waals surface area contributed by atoms with Crippen LogP contribution in [0.1, 0.15) is 21.5 Å². The van der Waals surface area contributed by atoms with Crippen molar-refractivity contribution in [1.29, 1.82) is 0 Å². The smallest absolute Gasteiger partial charge is 0.339 e. The Morgan fingerprint density at radius 2 is 2.10 bits per heavy atom. The van der Waals surface area contributed by atoms with Crippen molar-refractivity contribution in [3.63, 3.8) is 0 Å². The molecule has 5 heteroatoms.